The molecule has 2 N–H and O–H groups in total. The number of fused-ring (bicyclic) bond motifs is 1. The third-order valence-corrected chi connectivity index (χ3v) is 5.34. The van der Waals surface area contributed by atoms with Gasteiger partial charge in [-0.05, 0) is 35.9 Å². The van der Waals surface area contributed by atoms with E-state index in [4.69, 9.17) is 0 Å². The molecule has 1 heterocycles. The Kier molecular flexibility index (Phi) is 4.56. The molecule has 0 aliphatic carbocycles. The summed E-state index contributed by atoms with van der Waals surface area (Å²) in [6.45, 7) is -0.359. The van der Waals surface area contributed by atoms with Gasteiger partial charge in [-0.2, -0.15) is 0 Å². The van der Waals surface area contributed by atoms with Gasteiger partial charge in [-0.25, -0.2) is 13.1 Å². The highest BCUT2D eigenvalue weighted by atomic mass is 32.2. The van der Waals surface area contributed by atoms with Crippen molar-refractivity contribution in [2.24, 2.45) is 0 Å². The van der Waals surface area contributed by atoms with E-state index in [1.54, 1.807) is 37.4 Å². The molecule has 2 aromatic carbocycles. The van der Waals surface area contributed by atoms with E-state index in [0.29, 0.717) is 16.9 Å². The van der Waals surface area contributed by atoms with Gasteiger partial charge in [0.15, 0.2) is 0 Å². The van der Waals surface area contributed by atoms with Gasteiger partial charge in [0.1, 0.15) is 0 Å². The highest BCUT2D eigenvalue weighted by Crippen LogP contribution is 2.25. The molecule has 0 spiro atoms. The highest BCUT2D eigenvalue weighted by molar-refractivity contribution is 7.89. The van der Waals surface area contributed by atoms with Gasteiger partial charge >= 0.3 is 0 Å². The summed E-state index contributed by atoms with van der Waals surface area (Å²) < 4.78 is 27.1. The summed E-state index contributed by atoms with van der Waals surface area (Å²) in [5.41, 5.74) is 1.92. The second-order valence-electron chi connectivity index (χ2n) is 5.66. The van der Waals surface area contributed by atoms with Crippen LogP contribution in [0.2, 0.25) is 0 Å². The molecule has 130 valence electrons. The van der Waals surface area contributed by atoms with Gasteiger partial charge < -0.3 is 10.2 Å². The van der Waals surface area contributed by atoms with E-state index < -0.39 is 10.0 Å². The second kappa shape index (κ2) is 6.66. The molecule has 7 nitrogen and oxygen atoms in total. The van der Waals surface area contributed by atoms with Crippen LogP contribution in [0, 0.1) is 0 Å². The number of rotatable bonds is 5. The van der Waals surface area contributed by atoms with Gasteiger partial charge in [-0.3, -0.25) is 9.59 Å². The first-order valence-corrected chi connectivity index (χ1v) is 9.09. The van der Waals surface area contributed by atoms with Crippen LogP contribution >= 0.6 is 0 Å². The fourth-order valence-electron chi connectivity index (χ4n) is 2.53. The molecule has 0 radical (unpaired) electrons. The zero-order valence-corrected chi connectivity index (χ0v) is 14.3. The molecule has 0 saturated carbocycles. The molecule has 2 amide bonds. The molecule has 0 unspecified atom stereocenters. The number of hydrogen-bond acceptors (Lipinski definition) is 4. The monoisotopic (exact) mass is 359 g/mol. The number of para-hydroxylation sites is 1. The maximum Gasteiger partial charge on any atom is 0.241 e. The van der Waals surface area contributed by atoms with Crippen LogP contribution in [0.1, 0.15) is 5.56 Å². The first-order chi connectivity index (χ1) is 11.9. The number of nitrogens with one attached hydrogen (secondary N) is 2. The van der Waals surface area contributed by atoms with Crippen molar-refractivity contribution in [2.45, 2.75) is 11.3 Å². The van der Waals surface area contributed by atoms with E-state index in [2.05, 4.69) is 10.0 Å². The summed E-state index contributed by atoms with van der Waals surface area (Å²) in [6, 6.07) is 13.3. The van der Waals surface area contributed by atoms with Crippen molar-refractivity contribution in [1.29, 1.82) is 0 Å². The van der Waals surface area contributed by atoms with Crippen LogP contribution < -0.4 is 14.9 Å². The molecule has 0 aromatic heterocycles. The topological polar surface area (TPSA) is 95.6 Å². The number of hydrogen-bond donors (Lipinski definition) is 2. The average molecular weight is 359 g/mol. The largest absolute Gasteiger partial charge is 0.326 e. The fourth-order valence-corrected chi connectivity index (χ4v) is 3.55. The molecule has 25 heavy (non-hydrogen) atoms. The Morgan fingerprint density at radius 1 is 1.20 bits per heavy atom. The Morgan fingerprint density at radius 3 is 2.64 bits per heavy atom. The van der Waals surface area contributed by atoms with Crippen LogP contribution in [0.3, 0.4) is 0 Å². The number of likely N-dealkylation sites (N-methyl/N-ethyl adjacent to an activating group) is 1. The minimum Gasteiger partial charge on any atom is -0.326 e. The van der Waals surface area contributed by atoms with Crippen molar-refractivity contribution in [1.82, 2.24) is 4.72 Å². The number of carbonyl (C=O) groups excluding carboxylic acids is 2. The van der Waals surface area contributed by atoms with Gasteiger partial charge in [0.25, 0.3) is 0 Å². The minimum absolute atomic E-state index is 0.0258. The molecule has 0 saturated heterocycles. The Labute approximate surface area is 145 Å². The molecular weight excluding hydrogens is 342 g/mol. The Morgan fingerprint density at radius 2 is 1.92 bits per heavy atom. The number of amides is 2. The molecule has 0 fully saturated rings. The van der Waals surface area contributed by atoms with E-state index in [1.807, 2.05) is 6.07 Å². The van der Waals surface area contributed by atoms with E-state index in [0.717, 1.165) is 0 Å². The van der Waals surface area contributed by atoms with Gasteiger partial charge in [0.2, 0.25) is 21.8 Å². The van der Waals surface area contributed by atoms with Crippen LogP contribution in [0.25, 0.3) is 0 Å². The lowest BCUT2D eigenvalue weighted by Crippen LogP contribution is -2.38. The Balaban J connectivity index is 1.69. The van der Waals surface area contributed by atoms with Crippen LogP contribution in [0.5, 0.6) is 0 Å². The standard InChI is InChI=1S/C17H17N3O4S/c1-20(13-5-3-2-4-6-13)17(22)11-18-25(23,24)14-7-8-15-12(9-14)10-16(21)19-15/h2-9,18H,10-11H2,1H3,(H,19,21). The zero-order valence-electron chi connectivity index (χ0n) is 13.5. The van der Waals surface area contributed by atoms with Gasteiger partial charge in [0, 0.05) is 18.4 Å². The summed E-state index contributed by atoms with van der Waals surface area (Å²) in [7, 11) is -2.26. The Hall–Kier alpha value is -2.71. The van der Waals surface area contributed by atoms with E-state index >= 15 is 0 Å². The van der Waals surface area contributed by atoms with E-state index in [1.165, 1.54) is 17.0 Å². The molecule has 8 heteroatoms. The maximum absolute atomic E-state index is 12.4. The van der Waals surface area contributed by atoms with Crippen LogP contribution in [0.4, 0.5) is 11.4 Å². The number of benzene rings is 2. The van der Waals surface area contributed by atoms with Crippen molar-refractivity contribution in [3.8, 4) is 0 Å². The highest BCUT2D eigenvalue weighted by Gasteiger charge is 2.22. The zero-order chi connectivity index (χ0) is 18.0. The van der Waals surface area contributed by atoms with Crippen molar-refractivity contribution >= 4 is 33.2 Å². The summed E-state index contributed by atoms with van der Waals surface area (Å²) >= 11 is 0. The van der Waals surface area contributed by atoms with Gasteiger partial charge in [-0.1, -0.05) is 18.2 Å². The van der Waals surface area contributed by atoms with Crippen molar-refractivity contribution in [3.05, 3.63) is 54.1 Å². The van der Waals surface area contributed by atoms with Crippen molar-refractivity contribution in [2.75, 3.05) is 23.8 Å². The summed E-state index contributed by atoms with van der Waals surface area (Å²) in [6.07, 6.45) is 0.147. The lowest BCUT2D eigenvalue weighted by molar-refractivity contribution is -0.117. The van der Waals surface area contributed by atoms with Gasteiger partial charge in [-0.15, -0.1) is 0 Å². The normalized spacial score (nSPS) is 13.2. The van der Waals surface area contributed by atoms with Crippen LogP contribution in [-0.4, -0.2) is 33.8 Å². The molecule has 0 bridgehead atoms. The minimum atomic E-state index is -3.85. The van der Waals surface area contributed by atoms with Crippen LogP contribution in [-0.2, 0) is 26.0 Å². The first kappa shape index (κ1) is 17.1. The summed E-state index contributed by atoms with van der Waals surface area (Å²) in [4.78, 5) is 25.0. The smallest absolute Gasteiger partial charge is 0.241 e. The fraction of sp³-hybridized carbons (Fsp3) is 0.176. The third kappa shape index (κ3) is 3.70. The third-order valence-electron chi connectivity index (χ3n) is 3.94. The Bertz CT molecular complexity index is 926. The second-order valence-corrected chi connectivity index (χ2v) is 7.42. The average Bonchev–Trinajstić information content (AvgIpc) is 2.99. The van der Waals surface area contributed by atoms with Crippen LogP contribution in [0.15, 0.2) is 53.4 Å². The SMILES string of the molecule is CN(C(=O)CNS(=O)(=O)c1ccc2c(c1)CC(=O)N2)c1ccccc1. The van der Waals surface area contributed by atoms with Crippen molar-refractivity contribution < 1.29 is 18.0 Å². The van der Waals surface area contributed by atoms with E-state index in [-0.39, 0.29) is 29.7 Å². The maximum atomic E-state index is 12.4. The lowest BCUT2D eigenvalue weighted by atomic mass is 10.2. The number of carbonyl (C=O) groups is 2. The number of nitrogens with zero attached hydrogens (tertiary/aromatic N) is 1. The first-order valence-electron chi connectivity index (χ1n) is 7.61. The summed E-state index contributed by atoms with van der Waals surface area (Å²) in [5.74, 6) is -0.551. The lowest BCUT2D eigenvalue weighted by Gasteiger charge is -2.17. The predicted octanol–water partition coefficient (Wildman–Crippen LogP) is 1.12. The molecule has 2 aromatic rings. The predicted molar refractivity (Wildman–Crippen MR) is 93.8 cm³/mol. The molecule has 1 aliphatic heterocycles. The molecule has 1 aliphatic rings. The number of sulfonamides is 1. The number of anilines is 2. The quantitative estimate of drug-likeness (QED) is 0.836. The molecular formula is C17H17N3O4S. The molecule has 3 rings (SSSR count). The van der Waals surface area contributed by atoms with Crippen molar-refractivity contribution in [3.63, 3.8) is 0 Å². The summed E-state index contributed by atoms with van der Waals surface area (Å²) in [5, 5.41) is 2.64. The molecule has 0 atom stereocenters. The van der Waals surface area contributed by atoms with E-state index in [9.17, 15) is 18.0 Å². The van der Waals surface area contributed by atoms with Gasteiger partial charge in [0.05, 0.1) is 17.9 Å².